The zero-order chi connectivity index (χ0) is 14.2. The van der Waals surface area contributed by atoms with Crippen LogP contribution in [-0.2, 0) is 11.3 Å². The lowest BCUT2D eigenvalue weighted by molar-refractivity contribution is -0.120. The molecule has 1 N–H and O–H groups in total. The zero-order valence-electron chi connectivity index (χ0n) is 10.9. The molecule has 0 aliphatic carbocycles. The average Bonchev–Trinajstić information content (AvgIpc) is 2.48. The minimum absolute atomic E-state index is 0.0512. The number of amides is 1. The van der Waals surface area contributed by atoms with Crippen LogP contribution >= 0.6 is 23.4 Å². The van der Waals surface area contributed by atoms with Crippen molar-refractivity contribution in [3.8, 4) is 0 Å². The molecule has 20 heavy (non-hydrogen) atoms. The fourth-order valence-electron chi connectivity index (χ4n) is 1.58. The number of hydrogen-bond donors (Lipinski definition) is 1. The van der Waals surface area contributed by atoms with Crippen LogP contribution in [0.25, 0.3) is 0 Å². The Bertz CT molecular complexity index is 546. The van der Waals surface area contributed by atoms with Gasteiger partial charge in [-0.15, -0.1) is 11.8 Å². The summed E-state index contributed by atoms with van der Waals surface area (Å²) in [4.78, 5) is 16.8. The highest BCUT2D eigenvalue weighted by Gasteiger charge is 2.02. The molecule has 5 heteroatoms. The number of carbonyl (C=O) groups is 1. The molecule has 1 aromatic carbocycles. The average molecular weight is 307 g/mol. The van der Waals surface area contributed by atoms with E-state index in [9.17, 15) is 4.79 Å². The minimum Gasteiger partial charge on any atom is -0.352 e. The number of nitrogens with zero attached hydrogens (tertiary/aromatic N) is 1. The summed E-state index contributed by atoms with van der Waals surface area (Å²) in [6.07, 6.45) is 3.96. The Kier molecular flexibility index (Phi) is 5.89. The summed E-state index contributed by atoms with van der Waals surface area (Å²) >= 11 is 7.46. The maximum absolute atomic E-state index is 11.7. The molecule has 0 saturated carbocycles. The van der Waals surface area contributed by atoms with Crippen LogP contribution < -0.4 is 5.32 Å². The van der Waals surface area contributed by atoms with Gasteiger partial charge in [-0.25, -0.2) is 0 Å². The number of rotatable bonds is 6. The van der Waals surface area contributed by atoms with E-state index in [-0.39, 0.29) is 5.91 Å². The first-order valence-corrected chi connectivity index (χ1v) is 7.64. The van der Waals surface area contributed by atoms with Gasteiger partial charge in [0.15, 0.2) is 0 Å². The summed E-state index contributed by atoms with van der Waals surface area (Å²) in [6, 6.07) is 11.4. The van der Waals surface area contributed by atoms with Crippen molar-refractivity contribution in [3.63, 3.8) is 0 Å². The molecule has 0 radical (unpaired) electrons. The van der Waals surface area contributed by atoms with Crippen LogP contribution in [0.4, 0.5) is 0 Å². The highest BCUT2D eigenvalue weighted by Crippen LogP contribution is 2.20. The third-order valence-electron chi connectivity index (χ3n) is 2.62. The van der Waals surface area contributed by atoms with Crippen molar-refractivity contribution in [1.82, 2.24) is 10.3 Å². The van der Waals surface area contributed by atoms with E-state index >= 15 is 0 Å². The molecule has 1 amide bonds. The second-order valence-corrected chi connectivity index (χ2v) is 5.80. The first-order chi connectivity index (χ1) is 9.74. The van der Waals surface area contributed by atoms with Crippen molar-refractivity contribution >= 4 is 29.3 Å². The molecule has 1 aromatic heterocycles. The summed E-state index contributed by atoms with van der Waals surface area (Å²) < 4.78 is 0. The number of thioether (sulfide) groups is 1. The largest absolute Gasteiger partial charge is 0.352 e. The molecule has 0 bridgehead atoms. The van der Waals surface area contributed by atoms with Gasteiger partial charge in [0.25, 0.3) is 0 Å². The van der Waals surface area contributed by atoms with Crippen LogP contribution in [0.3, 0.4) is 0 Å². The topological polar surface area (TPSA) is 42.0 Å². The van der Waals surface area contributed by atoms with E-state index in [1.54, 1.807) is 24.2 Å². The third-order valence-corrected chi connectivity index (χ3v) is 3.89. The molecule has 2 aromatic rings. The van der Waals surface area contributed by atoms with E-state index in [2.05, 4.69) is 10.3 Å². The minimum atomic E-state index is 0.0512. The fourth-order valence-corrected chi connectivity index (χ4v) is 2.56. The molecule has 0 aliphatic heterocycles. The Morgan fingerprint density at radius 3 is 2.75 bits per heavy atom. The Balaban J connectivity index is 1.66. The molecule has 2 rings (SSSR count). The van der Waals surface area contributed by atoms with Gasteiger partial charge in [-0.2, -0.15) is 0 Å². The molecule has 104 valence electrons. The van der Waals surface area contributed by atoms with E-state index in [0.29, 0.717) is 13.0 Å². The third kappa shape index (κ3) is 5.23. The van der Waals surface area contributed by atoms with Gasteiger partial charge in [-0.1, -0.05) is 17.7 Å². The first-order valence-electron chi connectivity index (χ1n) is 6.28. The normalized spacial score (nSPS) is 10.2. The van der Waals surface area contributed by atoms with Crippen LogP contribution in [0.2, 0.25) is 5.02 Å². The van der Waals surface area contributed by atoms with Crippen molar-refractivity contribution in [2.24, 2.45) is 0 Å². The molecule has 0 fully saturated rings. The van der Waals surface area contributed by atoms with E-state index < -0.39 is 0 Å². The zero-order valence-corrected chi connectivity index (χ0v) is 12.5. The molecular formula is C15H15ClN2OS. The van der Waals surface area contributed by atoms with Gasteiger partial charge in [-0.05, 0) is 35.9 Å². The Morgan fingerprint density at radius 2 is 2.05 bits per heavy atom. The van der Waals surface area contributed by atoms with E-state index in [0.717, 1.165) is 21.2 Å². The maximum atomic E-state index is 11.7. The summed E-state index contributed by atoms with van der Waals surface area (Å²) in [5.41, 5.74) is 1.01. The molecule has 1 heterocycles. The van der Waals surface area contributed by atoms with Crippen molar-refractivity contribution in [2.75, 3.05) is 5.75 Å². The summed E-state index contributed by atoms with van der Waals surface area (Å²) in [7, 11) is 0. The van der Waals surface area contributed by atoms with Crippen molar-refractivity contribution in [2.45, 2.75) is 17.9 Å². The van der Waals surface area contributed by atoms with E-state index in [4.69, 9.17) is 11.6 Å². The Hall–Kier alpha value is -1.52. The van der Waals surface area contributed by atoms with Gasteiger partial charge in [-0.3, -0.25) is 9.78 Å². The highest BCUT2D eigenvalue weighted by atomic mass is 35.5. The number of hydrogen-bond acceptors (Lipinski definition) is 3. The van der Waals surface area contributed by atoms with Gasteiger partial charge in [0.05, 0.1) is 0 Å². The lowest BCUT2D eigenvalue weighted by Gasteiger charge is -2.05. The van der Waals surface area contributed by atoms with Gasteiger partial charge in [0, 0.05) is 41.0 Å². The van der Waals surface area contributed by atoms with Crippen LogP contribution in [-0.4, -0.2) is 16.6 Å². The quantitative estimate of drug-likeness (QED) is 0.830. The highest BCUT2D eigenvalue weighted by molar-refractivity contribution is 7.99. The monoisotopic (exact) mass is 306 g/mol. The molecule has 3 nitrogen and oxygen atoms in total. The molecule has 0 atom stereocenters. The summed E-state index contributed by atoms with van der Waals surface area (Å²) in [6.45, 7) is 0.526. The van der Waals surface area contributed by atoms with E-state index in [1.165, 1.54) is 0 Å². The second kappa shape index (κ2) is 7.92. The lowest BCUT2D eigenvalue weighted by atomic mass is 10.3. The Morgan fingerprint density at radius 1 is 1.25 bits per heavy atom. The van der Waals surface area contributed by atoms with Gasteiger partial charge < -0.3 is 5.32 Å². The molecule has 0 spiro atoms. The number of benzene rings is 1. The molecule has 0 unspecified atom stereocenters. The number of aromatic nitrogens is 1. The van der Waals surface area contributed by atoms with Gasteiger partial charge in [0.2, 0.25) is 5.91 Å². The Labute approximate surface area is 127 Å². The predicted octanol–water partition coefficient (Wildman–Crippen LogP) is 3.53. The number of pyridine rings is 1. The van der Waals surface area contributed by atoms with Gasteiger partial charge >= 0.3 is 0 Å². The smallest absolute Gasteiger partial charge is 0.221 e. The van der Waals surface area contributed by atoms with Crippen molar-refractivity contribution < 1.29 is 4.79 Å². The molecule has 0 aliphatic rings. The van der Waals surface area contributed by atoms with Crippen LogP contribution in [0.1, 0.15) is 12.0 Å². The van der Waals surface area contributed by atoms with Crippen LogP contribution in [0.15, 0.2) is 53.7 Å². The molecule has 0 saturated heterocycles. The SMILES string of the molecule is O=C(CCSc1ccc(Cl)cc1)NCc1cccnc1. The fraction of sp³-hybridized carbons (Fsp3) is 0.200. The summed E-state index contributed by atoms with van der Waals surface area (Å²) in [5, 5.41) is 3.61. The van der Waals surface area contributed by atoms with Crippen molar-refractivity contribution in [1.29, 1.82) is 0 Å². The summed E-state index contributed by atoms with van der Waals surface area (Å²) in [5.74, 6) is 0.802. The number of nitrogens with one attached hydrogen (secondary N) is 1. The first kappa shape index (κ1) is 14.9. The standard InChI is InChI=1S/C15H15ClN2OS/c16-13-3-5-14(6-4-13)20-9-7-15(19)18-11-12-2-1-8-17-10-12/h1-6,8,10H,7,9,11H2,(H,18,19). The number of carbonyl (C=O) groups excluding carboxylic acids is 1. The number of halogens is 1. The molecular weight excluding hydrogens is 292 g/mol. The van der Waals surface area contributed by atoms with Crippen molar-refractivity contribution in [3.05, 3.63) is 59.4 Å². The second-order valence-electron chi connectivity index (χ2n) is 4.19. The van der Waals surface area contributed by atoms with Gasteiger partial charge in [0.1, 0.15) is 0 Å². The predicted molar refractivity (Wildman–Crippen MR) is 82.9 cm³/mol. The van der Waals surface area contributed by atoms with Crippen LogP contribution in [0.5, 0.6) is 0 Å². The van der Waals surface area contributed by atoms with Crippen LogP contribution in [0, 0.1) is 0 Å². The lowest BCUT2D eigenvalue weighted by Crippen LogP contribution is -2.23. The van der Waals surface area contributed by atoms with E-state index in [1.807, 2.05) is 36.4 Å². The maximum Gasteiger partial charge on any atom is 0.221 e.